The number of allylic oxidation sites excluding steroid dienone is 2. The van der Waals surface area contributed by atoms with Crippen molar-refractivity contribution in [2.24, 2.45) is 50.7 Å². The SMILES string of the molecule is COc1ccc(CCC(=O)OC2CCC3(C)C4CCC5C(=CCC6C(C)(C)C(OC(C)=O)CCC56C)CC4(C)CCC3C2(C)C)cc1OC. The van der Waals surface area contributed by atoms with Crippen molar-refractivity contribution in [1.82, 2.24) is 0 Å². The molecule has 0 bridgehead atoms. The van der Waals surface area contributed by atoms with Gasteiger partial charge in [0.15, 0.2) is 11.5 Å². The highest BCUT2D eigenvalue weighted by atomic mass is 16.5. The zero-order valence-electron chi connectivity index (χ0n) is 32.2. The average Bonchev–Trinajstić information content (AvgIpc) is 3.19. The number of fused-ring (bicyclic) bond motifs is 6. The molecular formula is C43H64O6. The third-order valence-electron chi connectivity index (χ3n) is 15.4. The van der Waals surface area contributed by atoms with Crippen LogP contribution in [0.5, 0.6) is 11.5 Å². The molecular weight excluding hydrogens is 612 g/mol. The Balaban J connectivity index is 1.16. The maximum atomic E-state index is 13.3. The van der Waals surface area contributed by atoms with E-state index in [1.165, 1.54) is 32.1 Å². The fourth-order valence-corrected chi connectivity index (χ4v) is 13.0. The van der Waals surface area contributed by atoms with E-state index < -0.39 is 0 Å². The zero-order valence-corrected chi connectivity index (χ0v) is 32.2. The highest BCUT2D eigenvalue weighted by Gasteiger charge is 2.64. The molecule has 0 N–H and O–H groups in total. The van der Waals surface area contributed by atoms with E-state index in [0.717, 1.165) is 37.7 Å². The first-order valence-corrected chi connectivity index (χ1v) is 19.3. The molecule has 4 fully saturated rings. The van der Waals surface area contributed by atoms with Gasteiger partial charge in [0, 0.05) is 24.2 Å². The third-order valence-corrected chi connectivity index (χ3v) is 15.4. The third kappa shape index (κ3) is 6.13. The van der Waals surface area contributed by atoms with E-state index in [2.05, 4.69) is 54.5 Å². The van der Waals surface area contributed by atoms with Gasteiger partial charge in [-0.15, -0.1) is 0 Å². The van der Waals surface area contributed by atoms with Crippen molar-refractivity contribution >= 4 is 11.9 Å². The second-order valence-electron chi connectivity index (χ2n) is 18.7. The lowest BCUT2D eigenvalue weighted by atomic mass is 9.42. The highest BCUT2D eigenvalue weighted by molar-refractivity contribution is 5.70. The zero-order chi connectivity index (χ0) is 35.6. The molecule has 5 aliphatic rings. The van der Waals surface area contributed by atoms with Crippen LogP contribution in [-0.2, 0) is 25.5 Å². The summed E-state index contributed by atoms with van der Waals surface area (Å²) in [5.41, 5.74) is 3.39. The number of hydrogen-bond acceptors (Lipinski definition) is 6. The highest BCUT2D eigenvalue weighted by Crippen LogP contribution is 2.70. The summed E-state index contributed by atoms with van der Waals surface area (Å²) in [7, 11) is 3.27. The number of carbonyl (C=O) groups is 2. The summed E-state index contributed by atoms with van der Waals surface area (Å²) in [5, 5.41) is 0. The lowest BCUT2D eigenvalue weighted by Crippen LogP contribution is -2.59. The van der Waals surface area contributed by atoms with Crippen molar-refractivity contribution < 1.29 is 28.5 Å². The molecule has 1 aromatic rings. The van der Waals surface area contributed by atoms with Gasteiger partial charge in [0.25, 0.3) is 0 Å². The minimum absolute atomic E-state index is 0.000969. The molecule has 6 heteroatoms. The molecule has 0 amide bonds. The van der Waals surface area contributed by atoms with E-state index in [9.17, 15) is 9.59 Å². The molecule has 0 saturated heterocycles. The Bertz CT molecular complexity index is 1460. The Morgan fingerprint density at radius 2 is 1.39 bits per heavy atom. The molecule has 0 heterocycles. The lowest BCUT2D eigenvalue weighted by molar-refractivity contribution is -0.193. The second kappa shape index (κ2) is 12.9. The number of benzene rings is 1. The number of hydrogen-bond donors (Lipinski definition) is 0. The van der Waals surface area contributed by atoms with E-state index in [-0.39, 0.29) is 45.8 Å². The molecule has 1 aromatic carbocycles. The van der Waals surface area contributed by atoms with Crippen LogP contribution in [-0.4, -0.2) is 38.4 Å². The van der Waals surface area contributed by atoms with Gasteiger partial charge in [-0.2, -0.15) is 0 Å². The van der Waals surface area contributed by atoms with Gasteiger partial charge in [0.2, 0.25) is 0 Å². The topological polar surface area (TPSA) is 71.1 Å². The Labute approximate surface area is 296 Å². The van der Waals surface area contributed by atoms with Crippen LogP contribution in [0.25, 0.3) is 0 Å². The largest absolute Gasteiger partial charge is 0.493 e. The minimum Gasteiger partial charge on any atom is -0.493 e. The second-order valence-corrected chi connectivity index (χ2v) is 18.7. The summed E-state index contributed by atoms with van der Waals surface area (Å²) in [6.45, 7) is 18.9. The monoisotopic (exact) mass is 676 g/mol. The number of esters is 2. The van der Waals surface area contributed by atoms with E-state index in [1.807, 2.05) is 18.2 Å². The van der Waals surface area contributed by atoms with Crippen LogP contribution in [0.2, 0.25) is 0 Å². The molecule has 272 valence electrons. The van der Waals surface area contributed by atoms with E-state index in [1.54, 1.807) is 26.7 Å². The molecule has 9 atom stereocenters. The first kappa shape index (κ1) is 36.3. The Morgan fingerprint density at radius 1 is 0.735 bits per heavy atom. The molecule has 4 saturated carbocycles. The van der Waals surface area contributed by atoms with Crippen molar-refractivity contribution in [2.45, 2.75) is 145 Å². The molecule has 0 spiro atoms. The van der Waals surface area contributed by atoms with Crippen molar-refractivity contribution in [1.29, 1.82) is 0 Å². The fraction of sp³-hybridized carbons (Fsp3) is 0.767. The first-order valence-electron chi connectivity index (χ1n) is 19.3. The number of carbonyl (C=O) groups excluding carboxylic acids is 2. The summed E-state index contributed by atoms with van der Waals surface area (Å²) in [6.07, 6.45) is 15.0. The van der Waals surface area contributed by atoms with Gasteiger partial charge in [-0.05, 0) is 128 Å². The van der Waals surface area contributed by atoms with Crippen LogP contribution in [0, 0.1) is 50.7 Å². The molecule has 0 radical (unpaired) electrons. The summed E-state index contributed by atoms with van der Waals surface area (Å²) >= 11 is 0. The number of rotatable bonds is 7. The van der Waals surface area contributed by atoms with Gasteiger partial charge in [-0.3, -0.25) is 9.59 Å². The predicted octanol–water partition coefficient (Wildman–Crippen LogP) is 9.91. The van der Waals surface area contributed by atoms with Crippen LogP contribution >= 0.6 is 0 Å². The molecule has 49 heavy (non-hydrogen) atoms. The van der Waals surface area contributed by atoms with Gasteiger partial charge in [0.1, 0.15) is 12.2 Å². The molecule has 6 rings (SSSR count). The smallest absolute Gasteiger partial charge is 0.306 e. The van der Waals surface area contributed by atoms with Crippen molar-refractivity contribution in [2.75, 3.05) is 14.2 Å². The van der Waals surface area contributed by atoms with Gasteiger partial charge < -0.3 is 18.9 Å². The molecule has 0 aromatic heterocycles. The van der Waals surface area contributed by atoms with E-state index in [0.29, 0.717) is 53.4 Å². The predicted molar refractivity (Wildman–Crippen MR) is 193 cm³/mol. The molecule has 0 aliphatic heterocycles. The fourth-order valence-electron chi connectivity index (χ4n) is 13.0. The Kier molecular flexibility index (Phi) is 9.57. The van der Waals surface area contributed by atoms with Crippen LogP contribution < -0.4 is 9.47 Å². The first-order chi connectivity index (χ1) is 23.0. The van der Waals surface area contributed by atoms with Crippen molar-refractivity contribution in [3.05, 3.63) is 35.4 Å². The maximum absolute atomic E-state index is 13.3. The van der Waals surface area contributed by atoms with Crippen LogP contribution in [0.3, 0.4) is 0 Å². The molecule has 9 unspecified atom stereocenters. The maximum Gasteiger partial charge on any atom is 0.306 e. The lowest BCUT2D eigenvalue weighted by Gasteiger charge is -2.64. The van der Waals surface area contributed by atoms with Gasteiger partial charge >= 0.3 is 11.9 Å². The van der Waals surface area contributed by atoms with E-state index in [4.69, 9.17) is 18.9 Å². The summed E-state index contributed by atoms with van der Waals surface area (Å²) in [5.74, 6) is 3.41. The van der Waals surface area contributed by atoms with Crippen LogP contribution in [0.15, 0.2) is 29.8 Å². The average molecular weight is 677 g/mol. The number of aryl methyl sites for hydroxylation is 1. The van der Waals surface area contributed by atoms with Gasteiger partial charge in [-0.25, -0.2) is 0 Å². The Morgan fingerprint density at radius 3 is 2.06 bits per heavy atom. The molecule has 6 nitrogen and oxygen atoms in total. The summed E-state index contributed by atoms with van der Waals surface area (Å²) < 4.78 is 23.1. The number of ether oxygens (including phenoxy) is 4. The van der Waals surface area contributed by atoms with E-state index >= 15 is 0 Å². The Hall–Kier alpha value is -2.50. The van der Waals surface area contributed by atoms with Crippen molar-refractivity contribution in [3.63, 3.8) is 0 Å². The minimum atomic E-state index is -0.148. The molecule has 5 aliphatic carbocycles. The summed E-state index contributed by atoms with van der Waals surface area (Å²) in [6, 6.07) is 5.85. The van der Waals surface area contributed by atoms with Crippen LogP contribution in [0.4, 0.5) is 0 Å². The van der Waals surface area contributed by atoms with Gasteiger partial charge in [0.05, 0.1) is 14.2 Å². The van der Waals surface area contributed by atoms with Crippen LogP contribution in [0.1, 0.15) is 132 Å². The normalized spacial score (nSPS) is 39.0. The number of methoxy groups -OCH3 is 2. The quantitative estimate of drug-likeness (QED) is 0.212. The van der Waals surface area contributed by atoms with Crippen molar-refractivity contribution in [3.8, 4) is 11.5 Å². The van der Waals surface area contributed by atoms with Gasteiger partial charge in [-0.1, -0.05) is 66.2 Å². The summed E-state index contributed by atoms with van der Waals surface area (Å²) in [4.78, 5) is 25.3. The standard InChI is InChI=1S/C43H64O6/c1-27(44)48-36-20-23-42(7)30-14-17-35-41(6,26-29(30)13-16-33(42)39(36,2)3)22-19-34-40(4,5)37(21-24-43(34,35)8)49-38(45)18-12-28-11-15-31(46-9)32(25-28)47-10/h11,13,15,25,30,33-37H,12,14,16-24,26H2,1-10H3.